The highest BCUT2D eigenvalue weighted by atomic mass is 16.5. The van der Waals surface area contributed by atoms with Crippen molar-refractivity contribution in [1.29, 1.82) is 0 Å². The average molecular weight is 406 g/mol. The molecule has 2 aromatic carbocycles. The fourth-order valence-corrected chi connectivity index (χ4v) is 4.19. The van der Waals surface area contributed by atoms with E-state index in [0.29, 0.717) is 28.1 Å². The van der Waals surface area contributed by atoms with Crippen LogP contribution in [0.5, 0.6) is 5.75 Å². The first-order valence-corrected chi connectivity index (χ1v) is 10.5. The number of ether oxygens (including phenoxy) is 1. The van der Waals surface area contributed by atoms with Gasteiger partial charge in [-0.2, -0.15) is 0 Å². The van der Waals surface area contributed by atoms with Gasteiger partial charge in [0.15, 0.2) is 0 Å². The molecule has 4 rings (SSSR count). The van der Waals surface area contributed by atoms with Gasteiger partial charge in [0.2, 0.25) is 0 Å². The van der Waals surface area contributed by atoms with Crippen molar-refractivity contribution in [3.8, 4) is 5.75 Å². The summed E-state index contributed by atoms with van der Waals surface area (Å²) in [5.41, 5.74) is 1.58. The van der Waals surface area contributed by atoms with Crippen LogP contribution in [-0.2, 0) is 0 Å². The Hall–Kier alpha value is -3.15. The van der Waals surface area contributed by atoms with Gasteiger partial charge >= 0.3 is 0 Å². The SMILES string of the molecule is CC(C)Oc1ccccc1NC(=O)c1ccc2c(c1)C(=O)N(C1CCCCC1)C2=O. The first-order chi connectivity index (χ1) is 14.5. The standard InChI is InChI=1S/C24H26N2O4/c1-15(2)30-21-11-7-6-10-20(21)25-22(27)16-12-13-18-19(14-16)24(29)26(23(18)28)17-8-4-3-5-9-17/h6-7,10-15,17H,3-5,8-9H2,1-2H3,(H,25,27). The summed E-state index contributed by atoms with van der Waals surface area (Å²) in [6.07, 6.45) is 4.88. The van der Waals surface area contributed by atoms with Crippen molar-refractivity contribution in [2.75, 3.05) is 5.32 Å². The largest absolute Gasteiger partial charge is 0.489 e. The van der Waals surface area contributed by atoms with Gasteiger partial charge in [0.25, 0.3) is 17.7 Å². The van der Waals surface area contributed by atoms with E-state index in [9.17, 15) is 14.4 Å². The molecule has 3 amide bonds. The van der Waals surface area contributed by atoms with Gasteiger partial charge in [0, 0.05) is 11.6 Å². The minimum atomic E-state index is -0.353. The quantitative estimate of drug-likeness (QED) is 0.733. The van der Waals surface area contributed by atoms with Crippen molar-refractivity contribution >= 4 is 23.4 Å². The summed E-state index contributed by atoms with van der Waals surface area (Å²) in [6.45, 7) is 3.83. The van der Waals surface area contributed by atoms with E-state index in [1.165, 1.54) is 11.0 Å². The van der Waals surface area contributed by atoms with E-state index in [1.54, 1.807) is 24.3 Å². The number of nitrogens with zero attached hydrogens (tertiary/aromatic N) is 1. The Morgan fingerprint density at radius 3 is 2.43 bits per heavy atom. The van der Waals surface area contributed by atoms with Gasteiger partial charge in [-0.3, -0.25) is 19.3 Å². The molecule has 156 valence electrons. The van der Waals surface area contributed by atoms with Gasteiger partial charge in [-0.25, -0.2) is 0 Å². The van der Waals surface area contributed by atoms with Crippen LogP contribution in [0.1, 0.15) is 77.0 Å². The number of fused-ring (bicyclic) bond motifs is 1. The zero-order chi connectivity index (χ0) is 21.3. The molecule has 0 saturated heterocycles. The third-order valence-corrected chi connectivity index (χ3v) is 5.62. The van der Waals surface area contributed by atoms with E-state index in [-0.39, 0.29) is 29.9 Å². The van der Waals surface area contributed by atoms with Gasteiger partial charge in [-0.15, -0.1) is 0 Å². The summed E-state index contributed by atoms with van der Waals surface area (Å²) >= 11 is 0. The van der Waals surface area contributed by atoms with Gasteiger partial charge in [-0.05, 0) is 57.0 Å². The highest BCUT2D eigenvalue weighted by Gasteiger charge is 2.40. The highest BCUT2D eigenvalue weighted by molar-refractivity contribution is 6.22. The zero-order valence-corrected chi connectivity index (χ0v) is 17.3. The van der Waals surface area contributed by atoms with Crippen LogP contribution in [0.25, 0.3) is 0 Å². The summed E-state index contributed by atoms with van der Waals surface area (Å²) in [4.78, 5) is 40.0. The van der Waals surface area contributed by atoms with Crippen LogP contribution >= 0.6 is 0 Å². The van der Waals surface area contributed by atoms with E-state index >= 15 is 0 Å². The molecule has 6 heteroatoms. The Balaban J connectivity index is 1.56. The topological polar surface area (TPSA) is 75.7 Å². The normalized spacial score (nSPS) is 16.7. The molecule has 1 heterocycles. The van der Waals surface area contributed by atoms with Crippen molar-refractivity contribution in [3.63, 3.8) is 0 Å². The van der Waals surface area contributed by atoms with Crippen molar-refractivity contribution < 1.29 is 19.1 Å². The van der Waals surface area contributed by atoms with Gasteiger partial charge in [0.1, 0.15) is 5.75 Å². The first-order valence-electron chi connectivity index (χ1n) is 10.5. The number of hydrogen-bond acceptors (Lipinski definition) is 4. The molecule has 0 atom stereocenters. The molecule has 1 fully saturated rings. The van der Waals surface area contributed by atoms with Crippen LogP contribution in [-0.4, -0.2) is 34.8 Å². The average Bonchev–Trinajstić information content (AvgIpc) is 2.99. The Morgan fingerprint density at radius 1 is 1.00 bits per heavy atom. The minimum absolute atomic E-state index is 0.0301. The number of anilines is 1. The molecule has 0 spiro atoms. The molecule has 1 aliphatic carbocycles. The van der Waals surface area contributed by atoms with E-state index in [1.807, 2.05) is 26.0 Å². The lowest BCUT2D eigenvalue weighted by Crippen LogP contribution is -2.40. The van der Waals surface area contributed by atoms with E-state index in [0.717, 1.165) is 32.1 Å². The third-order valence-electron chi connectivity index (χ3n) is 5.62. The second kappa shape index (κ2) is 8.30. The molecule has 0 aromatic heterocycles. The molecule has 0 radical (unpaired) electrons. The summed E-state index contributed by atoms with van der Waals surface area (Å²) < 4.78 is 5.75. The summed E-state index contributed by atoms with van der Waals surface area (Å²) in [7, 11) is 0. The molecule has 0 unspecified atom stereocenters. The Labute approximate surface area is 176 Å². The van der Waals surface area contributed by atoms with Crippen molar-refractivity contribution in [3.05, 3.63) is 59.2 Å². The predicted octanol–water partition coefficient (Wildman–Crippen LogP) is 4.65. The monoisotopic (exact) mass is 406 g/mol. The molecule has 2 aromatic rings. The lowest BCUT2D eigenvalue weighted by Gasteiger charge is -2.29. The van der Waals surface area contributed by atoms with E-state index in [4.69, 9.17) is 4.74 Å². The van der Waals surface area contributed by atoms with Crippen LogP contribution in [0.15, 0.2) is 42.5 Å². The fourth-order valence-electron chi connectivity index (χ4n) is 4.19. The number of rotatable bonds is 5. The Morgan fingerprint density at radius 2 is 1.70 bits per heavy atom. The fraction of sp³-hybridized carbons (Fsp3) is 0.375. The maximum absolute atomic E-state index is 13.0. The molecule has 2 aliphatic rings. The molecule has 1 N–H and O–H groups in total. The molecule has 1 saturated carbocycles. The van der Waals surface area contributed by atoms with Crippen LogP contribution in [0.4, 0.5) is 5.69 Å². The highest BCUT2D eigenvalue weighted by Crippen LogP contribution is 2.32. The number of nitrogens with one attached hydrogen (secondary N) is 1. The number of imide groups is 1. The molecule has 1 aliphatic heterocycles. The lowest BCUT2D eigenvalue weighted by molar-refractivity contribution is 0.0549. The van der Waals surface area contributed by atoms with Crippen molar-refractivity contribution in [2.24, 2.45) is 0 Å². The number of carbonyl (C=O) groups is 3. The maximum Gasteiger partial charge on any atom is 0.261 e. The van der Waals surface area contributed by atoms with Crippen LogP contribution in [0, 0.1) is 0 Å². The van der Waals surface area contributed by atoms with Crippen LogP contribution < -0.4 is 10.1 Å². The van der Waals surface area contributed by atoms with Crippen molar-refractivity contribution in [2.45, 2.75) is 58.1 Å². The number of para-hydroxylation sites is 2. The third kappa shape index (κ3) is 3.82. The number of benzene rings is 2. The van der Waals surface area contributed by atoms with Crippen LogP contribution in [0.3, 0.4) is 0 Å². The number of carbonyl (C=O) groups excluding carboxylic acids is 3. The summed E-state index contributed by atoms with van der Waals surface area (Å²) in [5.74, 6) is -0.310. The molecular weight excluding hydrogens is 380 g/mol. The number of amides is 3. The Kier molecular flexibility index (Phi) is 5.57. The predicted molar refractivity (Wildman–Crippen MR) is 114 cm³/mol. The maximum atomic E-state index is 13.0. The van der Waals surface area contributed by atoms with Gasteiger partial charge < -0.3 is 10.1 Å². The van der Waals surface area contributed by atoms with Crippen molar-refractivity contribution in [1.82, 2.24) is 4.90 Å². The Bertz CT molecular complexity index is 992. The second-order valence-corrected chi connectivity index (χ2v) is 8.15. The molecule has 0 bridgehead atoms. The van der Waals surface area contributed by atoms with Gasteiger partial charge in [-0.1, -0.05) is 31.4 Å². The smallest absolute Gasteiger partial charge is 0.261 e. The summed E-state index contributed by atoms with van der Waals surface area (Å²) in [5, 5.41) is 2.85. The van der Waals surface area contributed by atoms with E-state index < -0.39 is 0 Å². The molecule has 30 heavy (non-hydrogen) atoms. The summed E-state index contributed by atoms with van der Waals surface area (Å²) in [6, 6.07) is 11.9. The number of hydrogen-bond donors (Lipinski definition) is 1. The van der Waals surface area contributed by atoms with Crippen LogP contribution in [0.2, 0.25) is 0 Å². The molecular formula is C24H26N2O4. The minimum Gasteiger partial charge on any atom is -0.489 e. The zero-order valence-electron chi connectivity index (χ0n) is 17.3. The second-order valence-electron chi connectivity index (χ2n) is 8.15. The lowest BCUT2D eigenvalue weighted by atomic mass is 9.94. The van der Waals surface area contributed by atoms with E-state index in [2.05, 4.69) is 5.32 Å². The first kappa shape index (κ1) is 20.1. The molecule has 6 nitrogen and oxygen atoms in total. The van der Waals surface area contributed by atoms with Gasteiger partial charge in [0.05, 0.1) is 22.9 Å².